The molecule has 0 atom stereocenters. The van der Waals surface area contributed by atoms with E-state index in [1.165, 1.54) is 6.21 Å². The van der Waals surface area contributed by atoms with Crippen molar-refractivity contribution in [3.05, 3.63) is 76.3 Å². The van der Waals surface area contributed by atoms with Gasteiger partial charge in [-0.2, -0.15) is 5.10 Å². The number of hydrogen-bond donors (Lipinski definition) is 2. The van der Waals surface area contributed by atoms with E-state index in [0.717, 1.165) is 22.0 Å². The van der Waals surface area contributed by atoms with Crippen LogP contribution in [0.15, 0.2) is 65.8 Å². The zero-order chi connectivity index (χ0) is 17.6. The van der Waals surface area contributed by atoms with Gasteiger partial charge in [-0.1, -0.05) is 59.6 Å². The van der Waals surface area contributed by atoms with Crippen molar-refractivity contribution in [2.45, 2.75) is 0 Å². The zero-order valence-electron chi connectivity index (χ0n) is 13.2. The molecule has 0 radical (unpaired) electrons. The molecule has 0 saturated carbocycles. The second-order valence-electron chi connectivity index (χ2n) is 5.38. The summed E-state index contributed by atoms with van der Waals surface area (Å²) in [7, 11) is 0. The van der Waals surface area contributed by atoms with Crippen molar-refractivity contribution in [3.8, 4) is 0 Å². The van der Waals surface area contributed by atoms with Crippen LogP contribution in [-0.2, 0) is 4.79 Å². The number of benzene rings is 3. The van der Waals surface area contributed by atoms with Gasteiger partial charge in [0.15, 0.2) is 0 Å². The zero-order valence-corrected chi connectivity index (χ0v) is 14.7. The first-order valence-electron chi connectivity index (χ1n) is 7.61. The molecule has 0 saturated heterocycles. The predicted molar refractivity (Wildman–Crippen MR) is 105 cm³/mol. The van der Waals surface area contributed by atoms with Gasteiger partial charge in [-0.3, -0.25) is 4.79 Å². The Labute approximate surface area is 155 Å². The van der Waals surface area contributed by atoms with E-state index in [2.05, 4.69) is 15.8 Å². The lowest BCUT2D eigenvalue weighted by molar-refractivity contribution is -0.119. The molecule has 3 aromatic carbocycles. The topological polar surface area (TPSA) is 53.5 Å². The Balaban J connectivity index is 1.53. The molecule has 2 N–H and O–H groups in total. The molecule has 0 aromatic heterocycles. The van der Waals surface area contributed by atoms with E-state index in [1.54, 1.807) is 18.2 Å². The van der Waals surface area contributed by atoms with Crippen molar-refractivity contribution in [2.75, 3.05) is 11.9 Å². The highest BCUT2D eigenvalue weighted by Gasteiger charge is 2.01. The third-order valence-electron chi connectivity index (χ3n) is 3.55. The van der Waals surface area contributed by atoms with Crippen LogP contribution in [0.1, 0.15) is 5.56 Å². The van der Waals surface area contributed by atoms with E-state index in [0.29, 0.717) is 10.0 Å². The van der Waals surface area contributed by atoms with E-state index in [9.17, 15) is 4.79 Å². The van der Waals surface area contributed by atoms with E-state index in [1.807, 2.05) is 42.5 Å². The van der Waals surface area contributed by atoms with Crippen LogP contribution in [0.2, 0.25) is 10.0 Å². The maximum atomic E-state index is 11.9. The molecule has 25 heavy (non-hydrogen) atoms. The fourth-order valence-electron chi connectivity index (χ4n) is 2.29. The number of hydrogen-bond acceptors (Lipinski definition) is 3. The summed E-state index contributed by atoms with van der Waals surface area (Å²) in [6.07, 6.45) is 1.51. The molecule has 1 amide bonds. The van der Waals surface area contributed by atoms with Gasteiger partial charge in [-0.25, -0.2) is 5.43 Å². The molecule has 0 bridgehead atoms. The van der Waals surface area contributed by atoms with Gasteiger partial charge in [0.2, 0.25) is 0 Å². The standard InChI is InChI=1S/C19H15Cl2N3O/c20-17-8-5-13(9-18(17)21)11-23-24-19(25)12-22-16-7-6-14-3-1-2-4-15(14)10-16/h1-11,22H,12H2,(H,24,25). The van der Waals surface area contributed by atoms with Crippen molar-refractivity contribution >= 4 is 51.8 Å². The smallest absolute Gasteiger partial charge is 0.259 e. The van der Waals surface area contributed by atoms with Crippen LogP contribution >= 0.6 is 23.2 Å². The number of halogens is 2. The quantitative estimate of drug-likeness (QED) is 0.504. The van der Waals surface area contributed by atoms with Gasteiger partial charge in [0.25, 0.3) is 5.91 Å². The van der Waals surface area contributed by atoms with Crippen LogP contribution in [0.4, 0.5) is 5.69 Å². The highest BCUT2D eigenvalue weighted by molar-refractivity contribution is 6.42. The Morgan fingerprint density at radius 1 is 0.960 bits per heavy atom. The second-order valence-corrected chi connectivity index (χ2v) is 6.20. The average Bonchev–Trinajstić information content (AvgIpc) is 2.63. The van der Waals surface area contributed by atoms with E-state index in [-0.39, 0.29) is 12.5 Å². The van der Waals surface area contributed by atoms with Crippen LogP contribution in [-0.4, -0.2) is 18.7 Å². The van der Waals surface area contributed by atoms with Gasteiger partial charge >= 0.3 is 0 Å². The molecule has 0 unspecified atom stereocenters. The van der Waals surface area contributed by atoms with Crippen LogP contribution in [0, 0.1) is 0 Å². The Morgan fingerprint density at radius 2 is 1.76 bits per heavy atom. The normalized spacial score (nSPS) is 11.0. The Hall–Kier alpha value is -2.56. The molecular weight excluding hydrogens is 357 g/mol. The fourth-order valence-corrected chi connectivity index (χ4v) is 2.60. The number of carbonyl (C=O) groups excluding carboxylic acids is 1. The van der Waals surface area contributed by atoms with Crippen molar-refractivity contribution in [2.24, 2.45) is 5.10 Å². The number of anilines is 1. The summed E-state index contributed by atoms with van der Waals surface area (Å²) in [6, 6.07) is 19.1. The highest BCUT2D eigenvalue weighted by Crippen LogP contribution is 2.21. The van der Waals surface area contributed by atoms with Crippen molar-refractivity contribution in [1.29, 1.82) is 0 Å². The first-order valence-corrected chi connectivity index (χ1v) is 8.37. The number of nitrogens with zero attached hydrogens (tertiary/aromatic N) is 1. The molecule has 0 fully saturated rings. The third kappa shape index (κ3) is 4.72. The van der Waals surface area contributed by atoms with Gasteiger partial charge in [-0.15, -0.1) is 0 Å². The Bertz CT molecular complexity index is 941. The average molecular weight is 372 g/mol. The van der Waals surface area contributed by atoms with E-state index in [4.69, 9.17) is 23.2 Å². The molecule has 126 valence electrons. The lowest BCUT2D eigenvalue weighted by Gasteiger charge is -2.06. The highest BCUT2D eigenvalue weighted by atomic mass is 35.5. The number of fused-ring (bicyclic) bond motifs is 1. The van der Waals surface area contributed by atoms with Crippen molar-refractivity contribution in [1.82, 2.24) is 5.43 Å². The van der Waals surface area contributed by atoms with Crippen LogP contribution in [0.3, 0.4) is 0 Å². The molecule has 0 heterocycles. The maximum Gasteiger partial charge on any atom is 0.259 e. The molecular formula is C19H15Cl2N3O. The molecule has 0 aliphatic carbocycles. The largest absolute Gasteiger partial charge is 0.376 e. The number of nitrogens with one attached hydrogen (secondary N) is 2. The lowest BCUT2D eigenvalue weighted by atomic mass is 10.1. The molecule has 6 heteroatoms. The van der Waals surface area contributed by atoms with Gasteiger partial charge < -0.3 is 5.32 Å². The first-order chi connectivity index (χ1) is 12.1. The predicted octanol–water partition coefficient (Wildman–Crippen LogP) is 4.71. The van der Waals surface area contributed by atoms with Gasteiger partial charge in [0.1, 0.15) is 0 Å². The molecule has 0 aliphatic heterocycles. The molecule has 3 aromatic rings. The molecule has 4 nitrogen and oxygen atoms in total. The number of hydrazone groups is 1. The van der Waals surface area contributed by atoms with Crippen molar-refractivity contribution in [3.63, 3.8) is 0 Å². The maximum absolute atomic E-state index is 11.9. The Kier molecular flexibility index (Phi) is 5.53. The molecule has 0 aliphatic rings. The second kappa shape index (κ2) is 8.01. The lowest BCUT2D eigenvalue weighted by Crippen LogP contribution is -2.25. The number of carbonyl (C=O) groups is 1. The summed E-state index contributed by atoms with van der Waals surface area (Å²) in [5, 5.41) is 10.2. The number of amides is 1. The fraction of sp³-hybridized carbons (Fsp3) is 0.0526. The molecule has 0 spiro atoms. The van der Waals surface area contributed by atoms with Gasteiger partial charge in [0, 0.05) is 5.69 Å². The summed E-state index contributed by atoms with van der Waals surface area (Å²) >= 11 is 11.8. The van der Waals surface area contributed by atoms with Gasteiger partial charge in [-0.05, 0) is 40.6 Å². The number of rotatable bonds is 5. The summed E-state index contributed by atoms with van der Waals surface area (Å²) in [6.45, 7) is 0.122. The SMILES string of the molecule is O=C(CNc1ccc2ccccc2c1)NN=Cc1ccc(Cl)c(Cl)c1. The van der Waals surface area contributed by atoms with Crippen molar-refractivity contribution < 1.29 is 4.79 Å². The Morgan fingerprint density at radius 3 is 2.56 bits per heavy atom. The summed E-state index contributed by atoms with van der Waals surface area (Å²) in [5.41, 5.74) is 4.09. The minimum absolute atomic E-state index is 0.122. The van der Waals surface area contributed by atoms with Crippen LogP contribution < -0.4 is 10.7 Å². The molecule has 3 rings (SSSR count). The third-order valence-corrected chi connectivity index (χ3v) is 4.29. The van der Waals surface area contributed by atoms with Crippen LogP contribution in [0.5, 0.6) is 0 Å². The monoisotopic (exact) mass is 371 g/mol. The first kappa shape index (κ1) is 17.3. The van der Waals surface area contributed by atoms with Crippen LogP contribution in [0.25, 0.3) is 10.8 Å². The van der Waals surface area contributed by atoms with E-state index >= 15 is 0 Å². The minimum Gasteiger partial charge on any atom is -0.376 e. The minimum atomic E-state index is -0.246. The van der Waals surface area contributed by atoms with Gasteiger partial charge in [0.05, 0.1) is 22.8 Å². The summed E-state index contributed by atoms with van der Waals surface area (Å²) in [4.78, 5) is 11.9. The summed E-state index contributed by atoms with van der Waals surface area (Å²) < 4.78 is 0. The summed E-state index contributed by atoms with van der Waals surface area (Å²) in [5.74, 6) is -0.246. The van der Waals surface area contributed by atoms with E-state index < -0.39 is 0 Å².